The number of carbonyl (C=O) groups is 2. The van der Waals surface area contributed by atoms with E-state index in [1.54, 1.807) is 5.38 Å². The summed E-state index contributed by atoms with van der Waals surface area (Å²) in [7, 11) is -2.50. The highest BCUT2D eigenvalue weighted by molar-refractivity contribution is 7.93. The Kier molecular flexibility index (Phi) is 7.21. The number of nitrogens with zero attached hydrogens (tertiary/aromatic N) is 1. The summed E-state index contributed by atoms with van der Waals surface area (Å²) in [5, 5.41) is 7.13. The van der Waals surface area contributed by atoms with Crippen LogP contribution in [0.2, 0.25) is 0 Å². The zero-order valence-corrected chi connectivity index (χ0v) is 16.5. The Bertz CT molecular complexity index is 911. The lowest BCUT2D eigenvalue weighted by atomic mass is 10.3. The molecule has 0 radical (unpaired) electrons. The van der Waals surface area contributed by atoms with Crippen molar-refractivity contribution in [3.63, 3.8) is 0 Å². The van der Waals surface area contributed by atoms with Gasteiger partial charge >= 0.3 is 5.97 Å². The lowest BCUT2D eigenvalue weighted by Gasteiger charge is -2.10. The highest BCUT2D eigenvalue weighted by atomic mass is 32.2. The minimum absolute atomic E-state index is 0.0291. The summed E-state index contributed by atoms with van der Waals surface area (Å²) in [6, 6.07) is 5.78. The van der Waals surface area contributed by atoms with E-state index in [0.717, 1.165) is 0 Å². The lowest BCUT2D eigenvalue weighted by Crippen LogP contribution is -2.34. The van der Waals surface area contributed by atoms with Crippen molar-refractivity contribution >= 4 is 61.4 Å². The number of thiazole rings is 1. The summed E-state index contributed by atoms with van der Waals surface area (Å²) in [6.07, 6.45) is 1.38. The first kappa shape index (κ1) is 20.7. The number of rotatable bonds is 7. The average Bonchev–Trinajstić information content (AvgIpc) is 3.12. The van der Waals surface area contributed by atoms with Crippen LogP contribution >= 0.6 is 23.6 Å². The highest BCUT2D eigenvalue weighted by Crippen LogP contribution is 2.19. The minimum atomic E-state index is -3.74. The number of hydrogen-bond acceptors (Lipinski definition) is 8. The molecule has 2 rings (SSSR count). The van der Waals surface area contributed by atoms with Gasteiger partial charge in [0.15, 0.2) is 10.2 Å². The van der Waals surface area contributed by atoms with E-state index in [4.69, 9.17) is 12.2 Å². The number of sulfonamides is 1. The molecule has 1 aromatic carbocycles. The topological polar surface area (TPSA) is 126 Å². The third-order valence-corrected chi connectivity index (χ3v) is 5.49. The molecule has 9 nitrogen and oxygen atoms in total. The van der Waals surface area contributed by atoms with Gasteiger partial charge in [0.05, 0.1) is 18.4 Å². The maximum absolute atomic E-state index is 12.2. The number of hydrogen-bond donors (Lipinski definition) is 3. The molecule has 144 valence electrons. The molecule has 0 saturated carbocycles. The predicted molar refractivity (Wildman–Crippen MR) is 105 cm³/mol. The Morgan fingerprint density at radius 3 is 2.52 bits per heavy atom. The number of carbonyl (C=O) groups excluding carboxylic acids is 2. The monoisotopic (exact) mass is 428 g/mol. The number of anilines is 2. The van der Waals surface area contributed by atoms with Crippen LogP contribution in [0, 0.1) is 0 Å². The van der Waals surface area contributed by atoms with Crippen LogP contribution in [0.15, 0.2) is 40.7 Å². The minimum Gasteiger partial charge on any atom is -0.469 e. The SMILES string of the molecule is COC(=O)CCC(=O)NC(=S)Nc1ccc(S(=O)(=O)Nc2nccs2)cc1. The van der Waals surface area contributed by atoms with E-state index in [-0.39, 0.29) is 28.0 Å². The molecule has 3 N–H and O–H groups in total. The third kappa shape index (κ3) is 6.58. The molecule has 1 heterocycles. The fraction of sp³-hybridized carbons (Fsp3) is 0.200. The van der Waals surface area contributed by atoms with Gasteiger partial charge in [0.2, 0.25) is 5.91 Å². The van der Waals surface area contributed by atoms with Gasteiger partial charge in [-0.2, -0.15) is 0 Å². The van der Waals surface area contributed by atoms with E-state index < -0.39 is 21.9 Å². The van der Waals surface area contributed by atoms with Gasteiger partial charge in [-0.3, -0.25) is 14.3 Å². The van der Waals surface area contributed by atoms with Gasteiger partial charge in [0, 0.05) is 23.7 Å². The molecular weight excluding hydrogens is 412 g/mol. The van der Waals surface area contributed by atoms with Crippen molar-refractivity contribution in [1.82, 2.24) is 10.3 Å². The molecule has 0 aliphatic rings. The number of nitrogens with one attached hydrogen (secondary N) is 3. The number of methoxy groups -OCH3 is 1. The van der Waals surface area contributed by atoms with Crippen LogP contribution in [0.3, 0.4) is 0 Å². The summed E-state index contributed by atoms with van der Waals surface area (Å²) >= 11 is 6.18. The molecule has 0 aliphatic heterocycles. The number of benzene rings is 1. The van der Waals surface area contributed by atoms with E-state index in [0.29, 0.717) is 5.69 Å². The van der Waals surface area contributed by atoms with Crippen LogP contribution in [0.1, 0.15) is 12.8 Å². The van der Waals surface area contributed by atoms with Crippen LogP contribution in [0.5, 0.6) is 0 Å². The van der Waals surface area contributed by atoms with Crippen LogP contribution in [-0.2, 0) is 24.3 Å². The zero-order chi connectivity index (χ0) is 19.9. The Balaban J connectivity index is 1.90. The molecule has 0 unspecified atom stereocenters. The lowest BCUT2D eigenvalue weighted by molar-refractivity contribution is -0.142. The quantitative estimate of drug-likeness (QED) is 0.449. The van der Waals surface area contributed by atoms with Gasteiger partial charge in [0.1, 0.15) is 0 Å². The molecule has 0 fully saturated rings. The summed E-state index contributed by atoms with van der Waals surface area (Å²) < 4.78 is 31.3. The normalized spacial score (nSPS) is 10.7. The predicted octanol–water partition coefficient (Wildman–Crippen LogP) is 1.71. The molecule has 12 heteroatoms. The van der Waals surface area contributed by atoms with E-state index in [1.807, 2.05) is 0 Å². The number of amides is 1. The van der Waals surface area contributed by atoms with Crippen molar-refractivity contribution in [3.05, 3.63) is 35.8 Å². The smallest absolute Gasteiger partial charge is 0.306 e. The van der Waals surface area contributed by atoms with Gasteiger partial charge in [-0.15, -0.1) is 11.3 Å². The van der Waals surface area contributed by atoms with Crippen molar-refractivity contribution in [2.24, 2.45) is 0 Å². The summed E-state index contributed by atoms with van der Waals surface area (Å²) in [4.78, 5) is 26.6. The van der Waals surface area contributed by atoms with Crippen molar-refractivity contribution < 1.29 is 22.7 Å². The largest absolute Gasteiger partial charge is 0.469 e. The van der Waals surface area contributed by atoms with Crippen LogP contribution < -0.4 is 15.4 Å². The summed E-state index contributed by atoms with van der Waals surface area (Å²) in [5.41, 5.74) is 0.487. The molecule has 27 heavy (non-hydrogen) atoms. The molecule has 0 bridgehead atoms. The number of ether oxygens (including phenoxy) is 1. The van der Waals surface area contributed by atoms with E-state index in [1.165, 1.54) is 48.9 Å². The van der Waals surface area contributed by atoms with Crippen molar-refractivity contribution in [2.75, 3.05) is 17.1 Å². The van der Waals surface area contributed by atoms with Gasteiger partial charge in [-0.1, -0.05) is 0 Å². The van der Waals surface area contributed by atoms with Crippen LogP contribution in [-0.4, -0.2) is 37.5 Å². The Labute approximate surface area is 165 Å². The Morgan fingerprint density at radius 2 is 1.93 bits per heavy atom. The fourth-order valence-electron chi connectivity index (χ4n) is 1.83. The molecule has 1 amide bonds. The van der Waals surface area contributed by atoms with Gasteiger partial charge < -0.3 is 15.4 Å². The first-order valence-electron chi connectivity index (χ1n) is 7.50. The van der Waals surface area contributed by atoms with Crippen LogP contribution in [0.25, 0.3) is 0 Å². The van der Waals surface area contributed by atoms with E-state index in [9.17, 15) is 18.0 Å². The molecule has 0 saturated heterocycles. The van der Waals surface area contributed by atoms with Gasteiger partial charge in [-0.05, 0) is 36.5 Å². The molecule has 0 aliphatic carbocycles. The molecule has 2 aromatic rings. The molecular formula is C15H16N4O5S3. The van der Waals surface area contributed by atoms with E-state index >= 15 is 0 Å². The van der Waals surface area contributed by atoms with Crippen molar-refractivity contribution in [2.45, 2.75) is 17.7 Å². The average molecular weight is 429 g/mol. The molecule has 1 aromatic heterocycles. The zero-order valence-electron chi connectivity index (χ0n) is 14.1. The maximum Gasteiger partial charge on any atom is 0.306 e. The van der Waals surface area contributed by atoms with Gasteiger partial charge in [-0.25, -0.2) is 13.4 Å². The fourth-order valence-corrected chi connectivity index (χ4v) is 3.85. The van der Waals surface area contributed by atoms with Gasteiger partial charge in [0.25, 0.3) is 10.0 Å². The molecule has 0 spiro atoms. The maximum atomic E-state index is 12.2. The summed E-state index contributed by atoms with van der Waals surface area (Å²) in [5.74, 6) is -0.933. The second kappa shape index (κ2) is 9.39. The van der Waals surface area contributed by atoms with E-state index in [2.05, 4.69) is 25.1 Å². The Hall–Kier alpha value is -2.57. The number of aromatic nitrogens is 1. The number of esters is 1. The van der Waals surface area contributed by atoms with Crippen LogP contribution in [0.4, 0.5) is 10.8 Å². The summed E-state index contributed by atoms with van der Waals surface area (Å²) in [6.45, 7) is 0. The van der Waals surface area contributed by atoms with Crippen molar-refractivity contribution in [1.29, 1.82) is 0 Å². The third-order valence-electron chi connectivity index (χ3n) is 3.11. The number of thiocarbonyl (C=S) groups is 1. The Morgan fingerprint density at radius 1 is 1.22 bits per heavy atom. The highest BCUT2D eigenvalue weighted by Gasteiger charge is 2.15. The molecule has 0 atom stereocenters. The second-order valence-electron chi connectivity index (χ2n) is 5.05. The standard InChI is InChI=1S/C15H16N4O5S3/c1-24-13(21)7-6-12(20)18-14(25)17-10-2-4-11(5-3-10)27(22,23)19-15-16-8-9-26-15/h2-5,8-9H,6-7H2,1H3,(H,16,19)(H2,17,18,20,25). The first-order valence-corrected chi connectivity index (χ1v) is 10.3. The second-order valence-corrected chi connectivity index (χ2v) is 8.03. The first-order chi connectivity index (χ1) is 12.8. The van der Waals surface area contributed by atoms with Crippen molar-refractivity contribution in [3.8, 4) is 0 Å².